The van der Waals surface area contributed by atoms with Crippen molar-refractivity contribution in [1.82, 2.24) is 10.0 Å². The van der Waals surface area contributed by atoms with Crippen molar-refractivity contribution in [3.05, 3.63) is 29.3 Å². The molecular weight excluding hydrogens is 344 g/mol. The Hall–Kier alpha value is -1.64. The highest BCUT2D eigenvalue weighted by Gasteiger charge is 2.17. The van der Waals surface area contributed by atoms with Gasteiger partial charge in [-0.25, -0.2) is 13.1 Å². The van der Waals surface area contributed by atoms with Gasteiger partial charge in [0.05, 0.1) is 18.1 Å². The molecule has 1 aromatic carbocycles. The molecule has 0 radical (unpaired) electrons. The third-order valence-corrected chi connectivity index (χ3v) is 4.69. The van der Waals surface area contributed by atoms with Gasteiger partial charge in [-0.1, -0.05) is 23.7 Å². The van der Waals surface area contributed by atoms with Crippen LogP contribution in [0.1, 0.15) is 19.8 Å². The molecule has 0 heterocycles. The minimum atomic E-state index is -3.76. The van der Waals surface area contributed by atoms with E-state index >= 15 is 0 Å². The molecule has 0 unspecified atom stereocenters. The Morgan fingerprint density at radius 1 is 1.17 bits per heavy atom. The molecule has 1 rings (SSSR count). The molecule has 0 saturated carbocycles. The van der Waals surface area contributed by atoms with Gasteiger partial charge in [-0.2, -0.15) is 0 Å². The van der Waals surface area contributed by atoms with Crippen LogP contribution in [0.4, 0.5) is 0 Å². The molecule has 7 nitrogen and oxygen atoms in total. The number of benzene rings is 1. The van der Waals surface area contributed by atoms with E-state index in [4.69, 9.17) is 16.3 Å². The fourth-order valence-electron chi connectivity index (χ4n) is 1.66. The number of hydrogen-bond acceptors (Lipinski definition) is 5. The first-order valence-electron chi connectivity index (χ1n) is 7.03. The van der Waals surface area contributed by atoms with Crippen molar-refractivity contribution in [3.63, 3.8) is 0 Å². The van der Waals surface area contributed by atoms with Crippen LogP contribution < -0.4 is 10.0 Å². The second-order valence-corrected chi connectivity index (χ2v) is 6.63. The third-order valence-electron chi connectivity index (χ3n) is 2.73. The summed E-state index contributed by atoms with van der Waals surface area (Å²) in [6, 6.07) is 6.03. The summed E-state index contributed by atoms with van der Waals surface area (Å²) < 4.78 is 31.1. The minimum absolute atomic E-state index is 0.0376. The summed E-state index contributed by atoms with van der Waals surface area (Å²) in [5.74, 6) is -0.761. The second kappa shape index (κ2) is 9.49. The Morgan fingerprint density at radius 3 is 2.52 bits per heavy atom. The van der Waals surface area contributed by atoms with Gasteiger partial charge in [-0.05, 0) is 19.1 Å². The summed E-state index contributed by atoms with van der Waals surface area (Å²) in [4.78, 5) is 22.6. The van der Waals surface area contributed by atoms with Crippen LogP contribution in [-0.2, 0) is 24.3 Å². The van der Waals surface area contributed by atoms with E-state index in [1.165, 1.54) is 12.1 Å². The van der Waals surface area contributed by atoms with E-state index in [1.807, 2.05) is 0 Å². The smallest absolute Gasteiger partial charge is 0.307 e. The van der Waals surface area contributed by atoms with Crippen LogP contribution in [0.15, 0.2) is 29.2 Å². The van der Waals surface area contributed by atoms with Crippen LogP contribution in [0.25, 0.3) is 0 Å². The number of ether oxygens (including phenoxy) is 1. The number of rotatable bonds is 9. The summed E-state index contributed by atoms with van der Waals surface area (Å²) in [7, 11) is -3.76. The molecule has 128 valence electrons. The van der Waals surface area contributed by atoms with Crippen molar-refractivity contribution in [2.75, 3.05) is 19.7 Å². The number of halogens is 1. The van der Waals surface area contributed by atoms with E-state index in [0.717, 1.165) is 0 Å². The van der Waals surface area contributed by atoms with Crippen LogP contribution in [0.5, 0.6) is 0 Å². The van der Waals surface area contributed by atoms with Crippen molar-refractivity contribution in [2.24, 2.45) is 0 Å². The molecule has 0 aliphatic rings. The minimum Gasteiger partial charge on any atom is -0.466 e. The predicted molar refractivity (Wildman–Crippen MR) is 85.5 cm³/mol. The fraction of sp³-hybridized carbons (Fsp3) is 0.429. The van der Waals surface area contributed by atoms with Crippen molar-refractivity contribution < 1.29 is 22.7 Å². The van der Waals surface area contributed by atoms with E-state index < -0.39 is 16.0 Å². The quantitative estimate of drug-likeness (QED) is 0.640. The summed E-state index contributed by atoms with van der Waals surface area (Å²) >= 11 is 5.83. The fourth-order valence-corrected chi connectivity index (χ4v) is 3.21. The Balaban J connectivity index is 2.35. The highest BCUT2D eigenvalue weighted by atomic mass is 35.5. The average Bonchev–Trinajstić information content (AvgIpc) is 2.47. The number of carbonyl (C=O) groups excluding carboxylic acids is 2. The largest absolute Gasteiger partial charge is 0.466 e. The first kappa shape index (κ1) is 19.4. The van der Waals surface area contributed by atoms with Gasteiger partial charge in [0.15, 0.2) is 0 Å². The van der Waals surface area contributed by atoms with E-state index in [-0.39, 0.29) is 48.4 Å². The Kier molecular flexibility index (Phi) is 8.01. The zero-order valence-corrected chi connectivity index (χ0v) is 14.2. The first-order valence-corrected chi connectivity index (χ1v) is 8.89. The molecule has 9 heteroatoms. The molecule has 0 aliphatic carbocycles. The highest BCUT2D eigenvalue weighted by Crippen LogP contribution is 2.19. The Morgan fingerprint density at radius 2 is 1.87 bits per heavy atom. The maximum absolute atomic E-state index is 12.0. The van der Waals surface area contributed by atoms with Gasteiger partial charge in [0.25, 0.3) is 0 Å². The molecule has 1 amide bonds. The highest BCUT2D eigenvalue weighted by molar-refractivity contribution is 7.89. The van der Waals surface area contributed by atoms with Gasteiger partial charge in [-0.15, -0.1) is 0 Å². The lowest BCUT2D eigenvalue weighted by molar-refractivity contribution is -0.143. The SMILES string of the molecule is CCOC(=O)CCNC(=O)CCNS(=O)(=O)c1ccccc1Cl. The number of nitrogens with one attached hydrogen (secondary N) is 2. The lowest BCUT2D eigenvalue weighted by atomic mass is 10.3. The van der Waals surface area contributed by atoms with E-state index in [1.54, 1.807) is 19.1 Å². The summed E-state index contributed by atoms with van der Waals surface area (Å²) in [5, 5.41) is 2.62. The van der Waals surface area contributed by atoms with Crippen LogP contribution in [0.3, 0.4) is 0 Å². The molecule has 0 saturated heterocycles. The zero-order valence-electron chi connectivity index (χ0n) is 12.7. The van der Waals surface area contributed by atoms with E-state index in [2.05, 4.69) is 10.0 Å². The molecule has 0 fully saturated rings. The van der Waals surface area contributed by atoms with E-state index in [0.29, 0.717) is 0 Å². The van der Waals surface area contributed by atoms with Gasteiger partial charge >= 0.3 is 5.97 Å². The number of amides is 1. The lowest BCUT2D eigenvalue weighted by Gasteiger charge is -2.08. The molecule has 0 bridgehead atoms. The van der Waals surface area contributed by atoms with Crippen molar-refractivity contribution >= 4 is 33.5 Å². The van der Waals surface area contributed by atoms with Gasteiger partial charge in [0, 0.05) is 19.5 Å². The molecular formula is C14H19ClN2O5S. The van der Waals surface area contributed by atoms with Crippen molar-refractivity contribution in [3.8, 4) is 0 Å². The lowest BCUT2D eigenvalue weighted by Crippen LogP contribution is -2.32. The summed E-state index contributed by atoms with van der Waals surface area (Å²) in [5.41, 5.74) is 0. The normalized spacial score (nSPS) is 11.0. The monoisotopic (exact) mass is 362 g/mol. The summed E-state index contributed by atoms with van der Waals surface area (Å²) in [6.07, 6.45) is 0.0252. The Labute approximate surface area is 140 Å². The van der Waals surface area contributed by atoms with Gasteiger partial charge < -0.3 is 10.1 Å². The van der Waals surface area contributed by atoms with E-state index in [9.17, 15) is 18.0 Å². The van der Waals surface area contributed by atoms with Gasteiger partial charge in [0.2, 0.25) is 15.9 Å². The summed E-state index contributed by atoms with van der Waals surface area (Å²) in [6.45, 7) is 2.06. The zero-order chi connectivity index (χ0) is 17.3. The molecule has 0 aromatic heterocycles. The Bertz CT molecular complexity index is 648. The number of hydrogen-bond donors (Lipinski definition) is 2. The number of esters is 1. The van der Waals surface area contributed by atoms with Crippen LogP contribution in [0.2, 0.25) is 5.02 Å². The average molecular weight is 363 g/mol. The number of sulfonamides is 1. The molecule has 0 atom stereocenters. The number of carbonyl (C=O) groups is 2. The van der Waals surface area contributed by atoms with Crippen LogP contribution >= 0.6 is 11.6 Å². The molecule has 23 heavy (non-hydrogen) atoms. The molecule has 2 N–H and O–H groups in total. The van der Waals surface area contributed by atoms with Gasteiger partial charge in [-0.3, -0.25) is 9.59 Å². The molecule has 0 spiro atoms. The van der Waals surface area contributed by atoms with Crippen molar-refractivity contribution in [1.29, 1.82) is 0 Å². The third kappa shape index (κ3) is 6.98. The topological polar surface area (TPSA) is 102 Å². The first-order chi connectivity index (χ1) is 10.9. The second-order valence-electron chi connectivity index (χ2n) is 4.48. The van der Waals surface area contributed by atoms with Crippen molar-refractivity contribution in [2.45, 2.75) is 24.7 Å². The molecule has 1 aromatic rings. The molecule has 0 aliphatic heterocycles. The predicted octanol–water partition coefficient (Wildman–Crippen LogP) is 1.08. The standard InChI is InChI=1S/C14H19ClN2O5S/c1-2-22-14(19)8-9-16-13(18)7-10-17-23(20,21)12-6-4-3-5-11(12)15/h3-6,17H,2,7-10H2,1H3,(H,16,18). The maximum atomic E-state index is 12.0. The maximum Gasteiger partial charge on any atom is 0.307 e. The van der Waals surface area contributed by atoms with Crippen LogP contribution in [0, 0.1) is 0 Å². The van der Waals surface area contributed by atoms with Crippen LogP contribution in [-0.4, -0.2) is 40.0 Å². The van der Waals surface area contributed by atoms with Gasteiger partial charge in [0.1, 0.15) is 4.90 Å².